The van der Waals surface area contributed by atoms with E-state index in [-0.39, 0.29) is 12.8 Å². The van der Waals surface area contributed by atoms with Gasteiger partial charge in [0, 0.05) is 12.8 Å². The first-order valence-electron chi connectivity index (χ1n) is 23.4. The molecule has 6 unspecified atom stereocenters. The van der Waals surface area contributed by atoms with Crippen LogP contribution in [0.1, 0.15) is 155 Å². The van der Waals surface area contributed by atoms with Crippen LogP contribution in [0.15, 0.2) is 85.1 Å². The summed E-state index contributed by atoms with van der Waals surface area (Å²) in [6, 6.07) is 0. The summed E-state index contributed by atoms with van der Waals surface area (Å²) >= 11 is 0. The van der Waals surface area contributed by atoms with Crippen molar-refractivity contribution in [1.82, 2.24) is 0 Å². The Kier molecular flexibility index (Phi) is 35.3. The lowest BCUT2D eigenvalue weighted by atomic mass is 9.85. The summed E-state index contributed by atoms with van der Waals surface area (Å²) < 4.78 is 33.5. The first-order chi connectivity index (χ1) is 30.4. The number of ether oxygens (including phenoxy) is 2. The van der Waals surface area contributed by atoms with Gasteiger partial charge < -0.3 is 39.9 Å². The molecular weight excluding hydrogens is 828 g/mol. The van der Waals surface area contributed by atoms with Crippen LogP contribution in [0.3, 0.4) is 0 Å². The highest BCUT2D eigenvalue weighted by Gasteiger charge is 2.51. The maximum absolute atomic E-state index is 12.8. The maximum atomic E-state index is 12.8. The number of phosphoric acid groups is 1. The van der Waals surface area contributed by atoms with Gasteiger partial charge in [-0.1, -0.05) is 144 Å². The van der Waals surface area contributed by atoms with E-state index in [1.165, 1.54) is 0 Å². The number of carbonyl (C=O) groups is 2. The maximum Gasteiger partial charge on any atom is 0.472 e. The van der Waals surface area contributed by atoms with E-state index in [9.17, 15) is 44.6 Å². The van der Waals surface area contributed by atoms with Gasteiger partial charge >= 0.3 is 19.8 Å². The summed E-state index contributed by atoms with van der Waals surface area (Å²) in [6.45, 7) is 3.04. The van der Waals surface area contributed by atoms with E-state index >= 15 is 0 Å². The molecule has 0 spiro atoms. The summed E-state index contributed by atoms with van der Waals surface area (Å²) in [5.41, 5.74) is 0. The van der Waals surface area contributed by atoms with Crippen molar-refractivity contribution in [3.8, 4) is 0 Å². The third-order valence-electron chi connectivity index (χ3n) is 10.2. The number of esters is 2. The number of allylic oxidation sites excluding steroid dienone is 14. The first-order valence-corrected chi connectivity index (χ1v) is 24.9. The molecule has 63 heavy (non-hydrogen) atoms. The minimum absolute atomic E-state index is 0.0715. The Morgan fingerprint density at radius 2 is 0.857 bits per heavy atom. The molecule has 0 aromatic heterocycles. The van der Waals surface area contributed by atoms with Crippen molar-refractivity contribution in [1.29, 1.82) is 0 Å². The van der Waals surface area contributed by atoms with E-state index in [0.29, 0.717) is 12.8 Å². The average Bonchev–Trinajstić information content (AvgIpc) is 3.26. The second-order valence-electron chi connectivity index (χ2n) is 15.8. The van der Waals surface area contributed by atoms with Crippen LogP contribution < -0.4 is 0 Å². The highest BCUT2D eigenvalue weighted by atomic mass is 31.2. The fraction of sp³-hybridized carbons (Fsp3) is 0.673. The molecule has 0 amide bonds. The van der Waals surface area contributed by atoms with Crippen LogP contribution in [0.5, 0.6) is 0 Å². The molecule has 1 rings (SSSR count). The Bertz CT molecular complexity index is 1420. The van der Waals surface area contributed by atoms with Crippen molar-refractivity contribution in [2.24, 2.45) is 0 Å². The molecule has 0 bridgehead atoms. The number of rotatable bonds is 37. The van der Waals surface area contributed by atoms with Crippen LogP contribution in [0.25, 0.3) is 0 Å². The summed E-state index contributed by atoms with van der Waals surface area (Å²) in [5, 5.41) is 50.2. The Labute approximate surface area is 378 Å². The van der Waals surface area contributed by atoms with Crippen LogP contribution in [-0.2, 0) is 32.7 Å². The number of phosphoric ester groups is 1. The van der Waals surface area contributed by atoms with Gasteiger partial charge in [0.2, 0.25) is 0 Å². The van der Waals surface area contributed by atoms with Gasteiger partial charge in [-0.2, -0.15) is 0 Å². The van der Waals surface area contributed by atoms with E-state index in [1.807, 2.05) is 0 Å². The van der Waals surface area contributed by atoms with Gasteiger partial charge in [-0.15, -0.1) is 0 Å². The third-order valence-corrected chi connectivity index (χ3v) is 11.2. The third kappa shape index (κ3) is 30.7. The topological polar surface area (TPSA) is 210 Å². The summed E-state index contributed by atoms with van der Waals surface area (Å²) in [5.74, 6) is -1.14. The van der Waals surface area contributed by atoms with Gasteiger partial charge in [0.05, 0.1) is 6.61 Å². The van der Waals surface area contributed by atoms with Crippen LogP contribution in [0, 0.1) is 0 Å². The zero-order valence-corrected chi connectivity index (χ0v) is 39.0. The van der Waals surface area contributed by atoms with Gasteiger partial charge in [-0.25, -0.2) is 4.57 Å². The fourth-order valence-corrected chi connectivity index (χ4v) is 7.50. The molecule has 6 N–H and O–H groups in total. The van der Waals surface area contributed by atoms with Crippen LogP contribution in [0.2, 0.25) is 0 Å². The summed E-state index contributed by atoms with van der Waals surface area (Å²) in [6.07, 6.45) is 36.3. The smallest absolute Gasteiger partial charge is 0.462 e. The molecule has 1 fully saturated rings. The number of unbranched alkanes of at least 4 members (excludes halogenated alkanes) is 11. The monoisotopic (exact) mass is 909 g/mol. The average molecular weight is 909 g/mol. The van der Waals surface area contributed by atoms with E-state index in [4.69, 9.17) is 18.5 Å². The van der Waals surface area contributed by atoms with Gasteiger partial charge in [0.15, 0.2) is 6.10 Å². The van der Waals surface area contributed by atoms with Gasteiger partial charge in [0.25, 0.3) is 0 Å². The van der Waals surface area contributed by atoms with E-state index in [1.54, 1.807) is 0 Å². The predicted octanol–water partition coefficient (Wildman–Crippen LogP) is 9.28. The van der Waals surface area contributed by atoms with Crippen LogP contribution in [0.4, 0.5) is 0 Å². The van der Waals surface area contributed by atoms with Gasteiger partial charge in [0.1, 0.15) is 43.2 Å². The summed E-state index contributed by atoms with van der Waals surface area (Å²) in [4.78, 5) is 35.7. The first kappa shape index (κ1) is 58.0. The van der Waals surface area contributed by atoms with Gasteiger partial charge in [-0.3, -0.25) is 18.6 Å². The van der Waals surface area contributed by atoms with Crippen molar-refractivity contribution >= 4 is 19.8 Å². The zero-order valence-electron chi connectivity index (χ0n) is 38.1. The van der Waals surface area contributed by atoms with Crippen LogP contribution in [-0.4, -0.2) is 98.3 Å². The standard InChI is InChI=1S/C49H81O13P/c1-3-5-7-9-11-13-15-17-19-20-21-22-24-26-28-30-32-34-36-38-43(51)61-41(40-60-63(57,58)62-49-47(55)45(53)44(52)46(54)48(49)56)39-59-42(50)37-35-33-31-29-27-25-23-18-16-14-12-10-8-6-4-2/h5-8,11-14,17-19,21-23,41,44-49,52-56H,3-4,9-10,15-16,20,24-40H2,1-2H3,(H,57,58)/b7-5-,8-6-,13-11-,14-12-,19-17-,22-21-,23-18-. The Morgan fingerprint density at radius 1 is 0.492 bits per heavy atom. The Hall–Kier alpha value is -2.97. The molecule has 0 heterocycles. The quantitative estimate of drug-likeness (QED) is 0.0149. The molecule has 6 atom stereocenters. The molecule has 0 aliphatic heterocycles. The lowest BCUT2D eigenvalue weighted by Gasteiger charge is -2.41. The number of carbonyl (C=O) groups excluding carboxylic acids is 2. The normalized spacial score (nSPS) is 22.5. The highest BCUT2D eigenvalue weighted by Crippen LogP contribution is 2.47. The number of aliphatic hydroxyl groups excluding tert-OH is 5. The van der Waals surface area contributed by atoms with Crippen molar-refractivity contribution in [3.63, 3.8) is 0 Å². The lowest BCUT2D eigenvalue weighted by molar-refractivity contribution is -0.220. The largest absolute Gasteiger partial charge is 0.472 e. The molecule has 1 aliphatic rings. The highest BCUT2D eigenvalue weighted by molar-refractivity contribution is 7.47. The Morgan fingerprint density at radius 3 is 1.30 bits per heavy atom. The molecular formula is C49H81O13P. The molecule has 1 aliphatic carbocycles. The lowest BCUT2D eigenvalue weighted by Crippen LogP contribution is -2.64. The molecule has 360 valence electrons. The molecule has 13 nitrogen and oxygen atoms in total. The second kappa shape index (κ2) is 38.3. The number of aliphatic hydroxyl groups is 5. The number of hydrogen-bond acceptors (Lipinski definition) is 12. The molecule has 0 aromatic rings. The fourth-order valence-electron chi connectivity index (χ4n) is 6.53. The minimum atomic E-state index is -5.13. The van der Waals surface area contributed by atoms with Gasteiger partial charge in [-0.05, 0) is 83.5 Å². The second-order valence-corrected chi connectivity index (χ2v) is 17.2. The van der Waals surface area contributed by atoms with Crippen LogP contribution >= 0.6 is 7.82 Å². The Balaban J connectivity index is 2.48. The number of hydrogen-bond donors (Lipinski definition) is 6. The predicted molar refractivity (Wildman–Crippen MR) is 248 cm³/mol. The molecule has 1 saturated carbocycles. The minimum Gasteiger partial charge on any atom is -0.462 e. The molecule has 0 saturated heterocycles. The van der Waals surface area contributed by atoms with E-state index in [0.717, 1.165) is 116 Å². The van der Waals surface area contributed by atoms with Crippen molar-refractivity contribution in [3.05, 3.63) is 85.1 Å². The van der Waals surface area contributed by atoms with E-state index in [2.05, 4.69) is 98.9 Å². The molecule has 0 aromatic carbocycles. The van der Waals surface area contributed by atoms with Crippen molar-refractivity contribution in [2.75, 3.05) is 13.2 Å². The SMILES string of the molecule is CC/C=C\C/C=C\C/C=C\C/C=C\CCCCCCCCC(=O)OC(COC(=O)CCCCCCC/C=C\C/C=C\C/C=C\CC)COP(=O)(O)OC1C(O)C(O)C(O)C(O)C1O. The molecule has 0 radical (unpaired) electrons. The van der Waals surface area contributed by atoms with Crippen molar-refractivity contribution < 1.29 is 63.1 Å². The zero-order chi connectivity index (χ0) is 46.4. The molecule has 14 heteroatoms. The summed E-state index contributed by atoms with van der Waals surface area (Å²) in [7, 11) is -5.13. The van der Waals surface area contributed by atoms with E-state index < -0.39 is 75.7 Å². The van der Waals surface area contributed by atoms with Crippen molar-refractivity contribution in [2.45, 2.75) is 198 Å².